The lowest BCUT2D eigenvalue weighted by Gasteiger charge is -2.15. The highest BCUT2D eigenvalue weighted by Gasteiger charge is 2.14. The molecule has 3 rings (SSSR count). The van der Waals surface area contributed by atoms with Crippen molar-refractivity contribution in [3.05, 3.63) is 81.3 Å². The Morgan fingerprint density at radius 3 is 2.37 bits per heavy atom. The van der Waals surface area contributed by atoms with Gasteiger partial charge in [-0.15, -0.1) is 0 Å². The average molecular weight is 517 g/mol. The Hall–Kier alpha value is -3.42. The fourth-order valence-electron chi connectivity index (χ4n) is 3.15. The molecule has 0 aliphatic heterocycles. The largest absolute Gasteiger partial charge is 0.493 e. The summed E-state index contributed by atoms with van der Waals surface area (Å²) in [5.41, 5.74) is 4.32. The van der Waals surface area contributed by atoms with Crippen LogP contribution in [0.4, 0.5) is 0 Å². The van der Waals surface area contributed by atoms with E-state index in [0.29, 0.717) is 57.4 Å². The predicted molar refractivity (Wildman–Crippen MR) is 138 cm³/mol. The number of amides is 1. The fourth-order valence-corrected chi connectivity index (χ4v) is 3.61. The van der Waals surface area contributed by atoms with Crippen molar-refractivity contribution in [1.82, 2.24) is 5.43 Å². The average Bonchev–Trinajstić information content (AvgIpc) is 2.85. The quantitative estimate of drug-likeness (QED) is 0.244. The van der Waals surface area contributed by atoms with Crippen molar-refractivity contribution in [2.45, 2.75) is 20.5 Å². The second-order valence-corrected chi connectivity index (χ2v) is 7.96. The van der Waals surface area contributed by atoms with Crippen molar-refractivity contribution in [2.75, 3.05) is 20.3 Å². The zero-order valence-electron chi connectivity index (χ0n) is 19.6. The first kappa shape index (κ1) is 26.2. The van der Waals surface area contributed by atoms with E-state index in [0.717, 1.165) is 5.56 Å². The van der Waals surface area contributed by atoms with Crippen LogP contribution in [0.5, 0.6) is 23.0 Å². The van der Waals surface area contributed by atoms with E-state index < -0.39 is 5.91 Å². The van der Waals surface area contributed by atoms with Gasteiger partial charge in [-0.2, -0.15) is 5.10 Å². The zero-order valence-corrected chi connectivity index (χ0v) is 21.2. The number of carbonyl (C=O) groups excluding carboxylic acids is 1. The van der Waals surface area contributed by atoms with Gasteiger partial charge in [-0.3, -0.25) is 4.79 Å². The van der Waals surface area contributed by atoms with Gasteiger partial charge >= 0.3 is 0 Å². The molecule has 1 amide bonds. The standard InChI is InChI=1S/C26H26Cl2N2O5/c1-4-33-23-14-18(10-11-22(23)32-3)26(31)30-29-15-17-12-21(28)25(24(13-17)34-5-2)35-16-19-8-6-7-9-20(19)27/h6-15H,4-5,16H2,1-3H3,(H,30,31)/b29-15+. The third-order valence-electron chi connectivity index (χ3n) is 4.77. The Morgan fingerprint density at radius 2 is 1.66 bits per heavy atom. The molecule has 0 atom stereocenters. The molecule has 9 heteroatoms. The lowest BCUT2D eigenvalue weighted by Crippen LogP contribution is -2.17. The molecule has 0 fully saturated rings. The highest BCUT2D eigenvalue weighted by Crippen LogP contribution is 2.37. The monoisotopic (exact) mass is 516 g/mol. The van der Waals surface area contributed by atoms with Crippen LogP contribution in [0.15, 0.2) is 59.7 Å². The first-order valence-corrected chi connectivity index (χ1v) is 11.7. The maximum Gasteiger partial charge on any atom is 0.271 e. The smallest absolute Gasteiger partial charge is 0.271 e. The topological polar surface area (TPSA) is 78.4 Å². The van der Waals surface area contributed by atoms with Crippen molar-refractivity contribution in [2.24, 2.45) is 5.10 Å². The number of methoxy groups -OCH3 is 1. The van der Waals surface area contributed by atoms with E-state index in [9.17, 15) is 4.79 Å². The van der Waals surface area contributed by atoms with E-state index in [1.54, 1.807) is 36.4 Å². The van der Waals surface area contributed by atoms with Crippen LogP contribution in [-0.2, 0) is 6.61 Å². The zero-order chi connectivity index (χ0) is 25.2. The molecule has 0 radical (unpaired) electrons. The molecule has 7 nitrogen and oxygen atoms in total. The Labute approximate surface area is 214 Å². The second-order valence-electron chi connectivity index (χ2n) is 7.14. The van der Waals surface area contributed by atoms with Gasteiger partial charge in [0.1, 0.15) is 6.61 Å². The molecular formula is C26H26Cl2N2O5. The number of rotatable bonds is 11. The fraction of sp³-hybridized carbons (Fsp3) is 0.231. The molecule has 0 spiro atoms. The predicted octanol–water partition coefficient (Wildman–Crippen LogP) is 6.14. The van der Waals surface area contributed by atoms with E-state index in [4.69, 9.17) is 42.1 Å². The van der Waals surface area contributed by atoms with Crippen molar-refractivity contribution in [3.63, 3.8) is 0 Å². The highest BCUT2D eigenvalue weighted by atomic mass is 35.5. The second kappa shape index (κ2) is 12.9. The van der Waals surface area contributed by atoms with Crippen LogP contribution in [-0.4, -0.2) is 32.4 Å². The van der Waals surface area contributed by atoms with Gasteiger partial charge in [0.25, 0.3) is 5.91 Å². The maximum atomic E-state index is 12.5. The van der Waals surface area contributed by atoms with E-state index in [2.05, 4.69) is 10.5 Å². The SMILES string of the molecule is CCOc1cc(C(=O)N/N=C/c2cc(Cl)c(OCc3ccccc3Cl)c(OCC)c2)ccc1OC. The number of nitrogens with one attached hydrogen (secondary N) is 1. The number of halogens is 2. The minimum atomic E-state index is -0.402. The first-order valence-electron chi connectivity index (χ1n) is 10.9. The Balaban J connectivity index is 1.73. The molecule has 35 heavy (non-hydrogen) atoms. The number of nitrogens with zero attached hydrogens (tertiary/aromatic N) is 1. The van der Waals surface area contributed by atoms with Crippen molar-refractivity contribution in [1.29, 1.82) is 0 Å². The van der Waals surface area contributed by atoms with Crippen LogP contribution in [0.2, 0.25) is 10.0 Å². The van der Waals surface area contributed by atoms with Gasteiger partial charge in [0.15, 0.2) is 23.0 Å². The lowest BCUT2D eigenvalue weighted by atomic mass is 10.2. The van der Waals surface area contributed by atoms with E-state index in [-0.39, 0.29) is 6.61 Å². The van der Waals surface area contributed by atoms with E-state index in [1.165, 1.54) is 13.3 Å². The van der Waals surface area contributed by atoms with Gasteiger partial charge in [0.2, 0.25) is 0 Å². The third kappa shape index (κ3) is 7.04. The summed E-state index contributed by atoms with van der Waals surface area (Å²) in [6, 6.07) is 15.7. The summed E-state index contributed by atoms with van der Waals surface area (Å²) in [5.74, 6) is 1.47. The number of ether oxygens (including phenoxy) is 4. The molecule has 0 bridgehead atoms. The van der Waals surface area contributed by atoms with E-state index >= 15 is 0 Å². The summed E-state index contributed by atoms with van der Waals surface area (Å²) in [4.78, 5) is 12.5. The van der Waals surface area contributed by atoms with Gasteiger partial charge < -0.3 is 18.9 Å². The summed E-state index contributed by atoms with van der Waals surface area (Å²) >= 11 is 12.7. The van der Waals surface area contributed by atoms with Crippen LogP contribution in [0.1, 0.15) is 35.3 Å². The van der Waals surface area contributed by atoms with Crippen molar-refractivity contribution in [3.8, 4) is 23.0 Å². The summed E-state index contributed by atoms with van der Waals surface area (Å²) in [7, 11) is 1.54. The maximum absolute atomic E-state index is 12.5. The van der Waals surface area contributed by atoms with Crippen LogP contribution < -0.4 is 24.4 Å². The normalized spacial score (nSPS) is 10.8. The van der Waals surface area contributed by atoms with Crippen LogP contribution >= 0.6 is 23.2 Å². The third-order valence-corrected chi connectivity index (χ3v) is 5.42. The summed E-state index contributed by atoms with van der Waals surface area (Å²) in [5, 5.41) is 4.99. The number of hydrazone groups is 1. The molecule has 0 saturated heterocycles. The molecule has 3 aromatic rings. The molecule has 184 valence electrons. The Bertz CT molecular complexity index is 1200. The molecule has 0 aliphatic rings. The summed E-state index contributed by atoms with van der Waals surface area (Å²) in [6.07, 6.45) is 1.47. The minimum Gasteiger partial charge on any atom is -0.493 e. The molecular weight excluding hydrogens is 491 g/mol. The van der Waals surface area contributed by atoms with E-state index in [1.807, 2.05) is 32.0 Å². The molecule has 0 saturated carbocycles. The number of hydrogen-bond acceptors (Lipinski definition) is 6. The molecule has 3 aromatic carbocycles. The molecule has 1 N–H and O–H groups in total. The number of benzene rings is 3. The number of hydrogen-bond donors (Lipinski definition) is 1. The van der Waals surface area contributed by atoms with Gasteiger partial charge in [0, 0.05) is 16.1 Å². The first-order chi connectivity index (χ1) is 17.0. The molecule has 0 heterocycles. The highest BCUT2D eigenvalue weighted by molar-refractivity contribution is 6.32. The van der Waals surface area contributed by atoms with Gasteiger partial charge in [-0.1, -0.05) is 41.4 Å². The molecule has 0 aliphatic carbocycles. The van der Waals surface area contributed by atoms with Crippen LogP contribution in [0, 0.1) is 0 Å². The molecule has 0 aromatic heterocycles. The lowest BCUT2D eigenvalue weighted by molar-refractivity contribution is 0.0954. The van der Waals surface area contributed by atoms with Crippen molar-refractivity contribution < 1.29 is 23.7 Å². The van der Waals surface area contributed by atoms with Gasteiger partial charge in [-0.25, -0.2) is 5.43 Å². The summed E-state index contributed by atoms with van der Waals surface area (Å²) < 4.78 is 22.4. The molecule has 0 unspecified atom stereocenters. The van der Waals surface area contributed by atoms with Crippen LogP contribution in [0.3, 0.4) is 0 Å². The Kier molecular flexibility index (Phi) is 9.64. The van der Waals surface area contributed by atoms with Gasteiger partial charge in [0.05, 0.1) is 31.6 Å². The Morgan fingerprint density at radius 1 is 0.914 bits per heavy atom. The number of carbonyl (C=O) groups is 1. The van der Waals surface area contributed by atoms with Crippen molar-refractivity contribution >= 4 is 35.3 Å². The minimum absolute atomic E-state index is 0.231. The van der Waals surface area contributed by atoms with Crippen LogP contribution in [0.25, 0.3) is 0 Å². The summed E-state index contributed by atoms with van der Waals surface area (Å²) in [6.45, 7) is 4.80. The van der Waals surface area contributed by atoms with Gasteiger partial charge in [-0.05, 0) is 55.8 Å².